The summed E-state index contributed by atoms with van der Waals surface area (Å²) in [4.78, 5) is 0. The number of hydrogen-bond acceptors (Lipinski definition) is 0. The van der Waals surface area contributed by atoms with E-state index in [0.717, 1.165) is 0 Å². The van der Waals surface area contributed by atoms with E-state index < -0.39 is 53.7 Å². The zero-order valence-electron chi connectivity index (χ0n) is 35.7. The number of halogens is 2. The monoisotopic (exact) mass is 1030 g/mol. The van der Waals surface area contributed by atoms with Gasteiger partial charge in [-0.05, 0) is 0 Å². The topological polar surface area (TPSA) is 0 Å². The molecule has 0 spiro atoms. The molecule has 304 valence electrons. The van der Waals surface area contributed by atoms with Crippen LogP contribution in [0.15, 0.2) is 194 Å². The maximum Gasteiger partial charge on any atom is -1.00 e. The third-order valence-electron chi connectivity index (χ3n) is 14.3. The van der Waals surface area contributed by atoms with Crippen molar-refractivity contribution in [1.29, 1.82) is 0 Å². The molecule has 0 atom stereocenters. The molecule has 0 saturated heterocycles. The molecule has 0 saturated carbocycles. The summed E-state index contributed by atoms with van der Waals surface area (Å²) in [6.45, 7) is 0. The van der Waals surface area contributed by atoms with Gasteiger partial charge in [-0.15, -0.1) is 0 Å². The van der Waals surface area contributed by atoms with Gasteiger partial charge in [0.05, 0.1) is 0 Å². The van der Waals surface area contributed by atoms with Crippen LogP contribution in [-0.2, 0) is 41.8 Å². The van der Waals surface area contributed by atoms with E-state index in [0.29, 0.717) is 22.2 Å². The Bertz CT molecular complexity index is 2360. The first kappa shape index (κ1) is 43.8. The molecule has 62 heavy (non-hydrogen) atoms. The molecule has 0 bridgehead atoms. The molecular formula is C56H50Cl2Si2Zr2. The van der Waals surface area contributed by atoms with Crippen LogP contribution in [0.3, 0.4) is 0 Å². The predicted octanol–water partition coefficient (Wildman–Crippen LogP) is 8.26. The first-order valence-corrected chi connectivity index (χ1v) is 44.0. The third kappa shape index (κ3) is 7.12. The minimum absolute atomic E-state index is 0. The van der Waals surface area contributed by atoms with Crippen molar-refractivity contribution in [3.63, 3.8) is 0 Å². The predicted molar refractivity (Wildman–Crippen MR) is 253 cm³/mol. The fraction of sp³-hybridized carbons (Fsp3) is 0.143. The number of fused-ring (bicyclic) bond motifs is 12. The van der Waals surface area contributed by atoms with E-state index in [9.17, 15) is 0 Å². The molecule has 0 nitrogen and oxygen atoms in total. The van der Waals surface area contributed by atoms with Gasteiger partial charge in [-0.1, -0.05) is 0 Å². The molecule has 4 aliphatic rings. The SMILES string of the molecule is [CH3][Zr+]([CH3])[SiH](C1c2ccccc2-c2ccccc21)C1c2ccccc2-c2ccccc21.[CH3][Zr+]([CH3])[SiH](C1c2ccccc2-c2ccccc21)C1c2ccccc2-c2ccccc21.[Cl-].[Cl-]. The second-order valence-corrected chi connectivity index (χ2v) is 56.7. The van der Waals surface area contributed by atoms with Crippen molar-refractivity contribution in [2.24, 2.45) is 0 Å². The van der Waals surface area contributed by atoms with Gasteiger partial charge in [-0.3, -0.25) is 0 Å². The summed E-state index contributed by atoms with van der Waals surface area (Å²) >= 11 is -3.09. The summed E-state index contributed by atoms with van der Waals surface area (Å²) in [5.41, 5.74) is 27.3. The van der Waals surface area contributed by atoms with E-state index in [1.54, 1.807) is 44.5 Å². The molecule has 0 heterocycles. The van der Waals surface area contributed by atoms with Crippen molar-refractivity contribution in [1.82, 2.24) is 0 Å². The van der Waals surface area contributed by atoms with Crippen molar-refractivity contribution in [3.05, 3.63) is 239 Å². The summed E-state index contributed by atoms with van der Waals surface area (Å²) in [5, 5.41) is 0. The van der Waals surface area contributed by atoms with Crippen LogP contribution in [0.1, 0.15) is 66.7 Å². The van der Waals surface area contributed by atoms with Crippen LogP contribution in [-0.4, -0.2) is 11.8 Å². The minimum atomic E-state index is -1.55. The van der Waals surface area contributed by atoms with Crippen LogP contribution < -0.4 is 24.8 Å². The smallest absolute Gasteiger partial charge is 1.00 e. The summed E-state index contributed by atoms with van der Waals surface area (Å²) in [6.07, 6.45) is 0. The molecule has 0 fully saturated rings. The number of rotatable bonds is 6. The Balaban J connectivity index is 0.000000153. The fourth-order valence-electron chi connectivity index (χ4n) is 12.0. The summed E-state index contributed by atoms with van der Waals surface area (Å²) in [5.74, 6) is -2.33. The molecule has 8 aromatic rings. The Kier molecular flexibility index (Phi) is 12.8. The van der Waals surface area contributed by atoms with Crippen molar-refractivity contribution >= 4 is 11.8 Å². The maximum absolute atomic E-state index is 2.67. The van der Waals surface area contributed by atoms with Gasteiger partial charge in [-0.2, -0.15) is 0 Å². The largest absolute Gasteiger partial charge is 1.00 e. The molecule has 0 aliphatic heterocycles. The molecule has 6 heteroatoms. The summed E-state index contributed by atoms with van der Waals surface area (Å²) in [6, 6.07) is 74.0. The quantitative estimate of drug-likeness (QED) is 0.147. The summed E-state index contributed by atoms with van der Waals surface area (Å²) < 4.78 is 10.7. The van der Waals surface area contributed by atoms with Crippen LogP contribution in [0, 0.1) is 0 Å². The molecule has 0 amide bonds. The van der Waals surface area contributed by atoms with E-state index in [1.807, 2.05) is 0 Å². The third-order valence-corrected chi connectivity index (χ3v) is 52.2. The average Bonchev–Trinajstić information content (AvgIpc) is 4.01. The first-order chi connectivity index (χ1) is 29.5. The Morgan fingerprint density at radius 3 is 0.500 bits per heavy atom. The van der Waals surface area contributed by atoms with Gasteiger partial charge in [0.2, 0.25) is 0 Å². The van der Waals surface area contributed by atoms with Crippen molar-refractivity contribution in [2.75, 3.05) is 0 Å². The molecule has 12 rings (SSSR count). The van der Waals surface area contributed by atoms with Gasteiger partial charge in [0.15, 0.2) is 0 Å². The zero-order chi connectivity index (χ0) is 40.5. The van der Waals surface area contributed by atoms with E-state index in [4.69, 9.17) is 0 Å². The minimum Gasteiger partial charge on any atom is -1.00 e. The van der Waals surface area contributed by atoms with Crippen LogP contribution in [0.2, 0.25) is 18.5 Å². The second kappa shape index (κ2) is 18.2. The molecule has 0 N–H and O–H groups in total. The standard InChI is InChI=1S/2C26H19Si.4CH3.2ClH.2Zr/c2*1-5-13-21-17(9-1)18-10-2-6-14-22(18)25(21)27-26-23-15-7-3-11-19(23)20-12-4-8-16-24(20)26;;;;;;;;/h2*1-16,25-27H;4*1H3;2*1H;;/q;;;;;;;;2*+1/p-2. The number of hydrogen-bond donors (Lipinski definition) is 0. The van der Waals surface area contributed by atoms with Gasteiger partial charge < -0.3 is 24.8 Å². The van der Waals surface area contributed by atoms with E-state index >= 15 is 0 Å². The Morgan fingerprint density at radius 1 is 0.242 bits per heavy atom. The fourth-order valence-corrected chi connectivity index (χ4v) is 51.2. The molecule has 0 aromatic heterocycles. The van der Waals surface area contributed by atoms with Crippen LogP contribution in [0.5, 0.6) is 0 Å². The Morgan fingerprint density at radius 2 is 0.371 bits per heavy atom. The van der Waals surface area contributed by atoms with Gasteiger partial charge in [-0.25, -0.2) is 0 Å². The van der Waals surface area contributed by atoms with Gasteiger partial charge >= 0.3 is 377 Å². The van der Waals surface area contributed by atoms with Crippen molar-refractivity contribution < 1.29 is 66.6 Å². The van der Waals surface area contributed by atoms with Gasteiger partial charge in [0, 0.05) is 0 Å². The average molecular weight is 1030 g/mol. The van der Waals surface area contributed by atoms with Crippen molar-refractivity contribution in [3.8, 4) is 44.5 Å². The normalized spacial score (nSPS) is 13.9. The van der Waals surface area contributed by atoms with E-state index in [-0.39, 0.29) is 24.8 Å². The van der Waals surface area contributed by atoms with Gasteiger partial charge in [0.1, 0.15) is 0 Å². The van der Waals surface area contributed by atoms with Crippen LogP contribution in [0.4, 0.5) is 0 Å². The Labute approximate surface area is 398 Å². The van der Waals surface area contributed by atoms with Crippen molar-refractivity contribution in [2.45, 2.75) is 40.7 Å². The maximum atomic E-state index is 2.67. The molecular weight excluding hydrogens is 982 g/mol. The second-order valence-electron chi connectivity index (χ2n) is 17.8. The van der Waals surface area contributed by atoms with E-state index in [2.05, 4.69) is 213 Å². The molecule has 0 radical (unpaired) electrons. The molecule has 4 aliphatic carbocycles. The zero-order valence-corrected chi connectivity index (χ0v) is 44.4. The molecule has 0 unspecified atom stereocenters. The van der Waals surface area contributed by atoms with Crippen LogP contribution >= 0.6 is 0 Å². The summed E-state index contributed by atoms with van der Waals surface area (Å²) in [7, 11) is 0. The number of benzene rings is 8. The Hall–Kier alpha value is -3.46. The first-order valence-electron chi connectivity index (χ1n) is 21.8. The van der Waals surface area contributed by atoms with Gasteiger partial charge in [0.25, 0.3) is 0 Å². The van der Waals surface area contributed by atoms with Crippen LogP contribution in [0.25, 0.3) is 44.5 Å². The molecule has 8 aromatic carbocycles. The van der Waals surface area contributed by atoms with E-state index in [1.165, 1.54) is 44.5 Å².